The molecule has 0 fully saturated rings. The number of carbonyl (C=O) groups is 2. The maximum Gasteiger partial charge on any atom is 0.273 e. The van der Waals surface area contributed by atoms with E-state index in [1.807, 2.05) is 0 Å². The predicted molar refractivity (Wildman–Crippen MR) is 120 cm³/mol. The Bertz CT molecular complexity index is 1280. The minimum Gasteiger partial charge on any atom is -0.487 e. The van der Waals surface area contributed by atoms with Crippen LogP contribution in [-0.4, -0.2) is 22.9 Å². The van der Waals surface area contributed by atoms with E-state index in [1.54, 1.807) is 12.1 Å². The van der Waals surface area contributed by atoms with Crippen molar-refractivity contribution in [3.8, 4) is 11.4 Å². The van der Waals surface area contributed by atoms with Gasteiger partial charge in [0.2, 0.25) is 11.8 Å². The van der Waals surface area contributed by atoms with E-state index in [0.29, 0.717) is 11.4 Å². The molecule has 0 radical (unpaired) electrons. The van der Waals surface area contributed by atoms with E-state index in [-0.39, 0.29) is 41.0 Å². The number of nitrogens with one attached hydrogen (secondary N) is 1. The Hall–Kier alpha value is -3.57. The normalized spacial score (nSPS) is 10.7. The van der Waals surface area contributed by atoms with Crippen LogP contribution in [0.4, 0.5) is 8.78 Å². The van der Waals surface area contributed by atoms with Gasteiger partial charge in [0.15, 0.2) is 0 Å². The van der Waals surface area contributed by atoms with Crippen molar-refractivity contribution in [2.45, 2.75) is 13.2 Å². The minimum absolute atomic E-state index is 0.0170. The van der Waals surface area contributed by atoms with Gasteiger partial charge in [0, 0.05) is 34.6 Å². The maximum atomic E-state index is 14.0. The summed E-state index contributed by atoms with van der Waals surface area (Å²) in [6, 6.07) is 10.6. The van der Waals surface area contributed by atoms with Gasteiger partial charge in [0.25, 0.3) is 5.56 Å². The zero-order valence-electron chi connectivity index (χ0n) is 17.1. The fourth-order valence-electron chi connectivity index (χ4n) is 2.99. The van der Waals surface area contributed by atoms with Gasteiger partial charge in [-0.15, -0.1) is 0 Å². The highest BCUT2D eigenvalue weighted by atomic mass is 79.9. The lowest BCUT2D eigenvalue weighted by molar-refractivity contribution is -0.119. The van der Waals surface area contributed by atoms with Gasteiger partial charge in [0.05, 0.1) is 13.1 Å². The van der Waals surface area contributed by atoms with Crippen molar-refractivity contribution < 1.29 is 23.1 Å². The molecule has 0 unspecified atom stereocenters. The van der Waals surface area contributed by atoms with E-state index < -0.39 is 29.0 Å². The largest absolute Gasteiger partial charge is 0.487 e. The van der Waals surface area contributed by atoms with Crippen LogP contribution in [0.25, 0.3) is 5.69 Å². The quantitative estimate of drug-likeness (QED) is 0.419. The van der Waals surface area contributed by atoms with E-state index in [1.165, 1.54) is 28.8 Å². The number of halogens is 3. The Balaban J connectivity index is 2.05. The van der Waals surface area contributed by atoms with Crippen molar-refractivity contribution in [3.05, 3.63) is 91.8 Å². The third-order valence-corrected chi connectivity index (χ3v) is 5.36. The molecule has 1 aromatic heterocycles. The van der Waals surface area contributed by atoms with Crippen LogP contribution in [0.5, 0.6) is 5.75 Å². The molecule has 0 saturated heterocycles. The molecule has 33 heavy (non-hydrogen) atoms. The third kappa shape index (κ3) is 5.62. The lowest BCUT2D eigenvalue weighted by atomic mass is 10.1. The maximum absolute atomic E-state index is 14.0. The molecule has 5 N–H and O–H groups in total. The van der Waals surface area contributed by atoms with Gasteiger partial charge in [-0.25, -0.2) is 8.78 Å². The summed E-state index contributed by atoms with van der Waals surface area (Å²) in [5.41, 5.74) is 11.0. The molecule has 8 nitrogen and oxygen atoms in total. The Morgan fingerprint density at radius 1 is 1.12 bits per heavy atom. The molecule has 0 saturated carbocycles. The summed E-state index contributed by atoms with van der Waals surface area (Å²) in [5, 5.41) is 2.57. The van der Waals surface area contributed by atoms with E-state index in [4.69, 9.17) is 16.2 Å². The number of rotatable bonds is 8. The highest BCUT2D eigenvalue weighted by molar-refractivity contribution is 9.10. The molecule has 0 bridgehead atoms. The van der Waals surface area contributed by atoms with E-state index >= 15 is 0 Å². The van der Waals surface area contributed by atoms with Crippen LogP contribution >= 0.6 is 15.9 Å². The molecule has 1 heterocycles. The molecule has 3 rings (SSSR count). The second-order valence-corrected chi connectivity index (χ2v) is 7.67. The third-order valence-electron chi connectivity index (χ3n) is 4.63. The van der Waals surface area contributed by atoms with Crippen molar-refractivity contribution in [1.29, 1.82) is 0 Å². The van der Waals surface area contributed by atoms with Gasteiger partial charge in [-0.1, -0.05) is 6.07 Å². The zero-order chi connectivity index (χ0) is 24.1. The van der Waals surface area contributed by atoms with Gasteiger partial charge >= 0.3 is 0 Å². The summed E-state index contributed by atoms with van der Waals surface area (Å²) in [4.78, 5) is 36.5. The number of pyridine rings is 1. The highest BCUT2D eigenvalue weighted by Gasteiger charge is 2.18. The molecule has 0 atom stereocenters. The molecular formula is C22H19BrF2N4O4. The van der Waals surface area contributed by atoms with Crippen LogP contribution in [0.1, 0.15) is 21.6 Å². The summed E-state index contributed by atoms with van der Waals surface area (Å²) in [5.74, 6) is -2.58. The van der Waals surface area contributed by atoms with Crippen LogP contribution in [0.15, 0.2) is 57.8 Å². The van der Waals surface area contributed by atoms with E-state index in [0.717, 1.165) is 12.1 Å². The number of amides is 2. The first-order chi connectivity index (χ1) is 15.7. The highest BCUT2D eigenvalue weighted by Crippen LogP contribution is 2.26. The molecule has 0 aliphatic carbocycles. The standard InChI is InChI=1S/C22H19BrF2N4O4/c23-20-18(33-11-13-4-5-14(24)7-17(13)25)8-16(10-28-19(30)9-26)29(22(20)32)15-3-1-2-12(6-15)21(27)31/h1-8H,9-11,26H2,(H2,27,31)(H,28,30). The fourth-order valence-corrected chi connectivity index (χ4v) is 3.39. The van der Waals surface area contributed by atoms with Crippen LogP contribution < -0.4 is 27.1 Å². The number of hydrogen-bond donors (Lipinski definition) is 3. The molecular weight excluding hydrogens is 502 g/mol. The van der Waals surface area contributed by atoms with Gasteiger partial charge in [-0.05, 0) is 46.3 Å². The molecule has 0 spiro atoms. The van der Waals surface area contributed by atoms with Crippen LogP contribution in [0.2, 0.25) is 0 Å². The van der Waals surface area contributed by atoms with Gasteiger partial charge < -0.3 is 21.5 Å². The van der Waals surface area contributed by atoms with Crippen LogP contribution in [0, 0.1) is 11.6 Å². The topological polar surface area (TPSA) is 129 Å². The predicted octanol–water partition coefficient (Wildman–Crippen LogP) is 2.13. The molecule has 0 aliphatic rings. The number of nitrogens with two attached hydrogens (primary N) is 2. The van der Waals surface area contributed by atoms with E-state index in [9.17, 15) is 23.2 Å². The number of ether oxygens (including phenoxy) is 1. The monoisotopic (exact) mass is 520 g/mol. The molecule has 11 heteroatoms. The van der Waals surface area contributed by atoms with Crippen molar-refractivity contribution in [3.63, 3.8) is 0 Å². The Kier molecular flexibility index (Phi) is 7.56. The first-order valence-electron chi connectivity index (χ1n) is 9.59. The van der Waals surface area contributed by atoms with Crippen molar-refractivity contribution >= 4 is 27.7 Å². The fraction of sp³-hybridized carbons (Fsp3) is 0.136. The van der Waals surface area contributed by atoms with Gasteiger partial charge in [-0.3, -0.25) is 19.0 Å². The zero-order valence-corrected chi connectivity index (χ0v) is 18.7. The smallest absolute Gasteiger partial charge is 0.273 e. The summed E-state index contributed by atoms with van der Waals surface area (Å²) < 4.78 is 34.0. The molecule has 3 aromatic rings. The Morgan fingerprint density at radius 2 is 1.88 bits per heavy atom. The SMILES string of the molecule is NCC(=O)NCc1cc(OCc2ccc(F)cc2F)c(Br)c(=O)n1-c1cccc(C(N)=O)c1. The molecule has 0 aliphatic heterocycles. The summed E-state index contributed by atoms with van der Waals surface area (Å²) in [7, 11) is 0. The number of primary amides is 1. The Morgan fingerprint density at radius 3 is 2.55 bits per heavy atom. The molecule has 2 aromatic carbocycles. The number of aromatic nitrogens is 1. The van der Waals surface area contributed by atoms with Crippen molar-refractivity contribution in [2.75, 3.05) is 6.54 Å². The average Bonchev–Trinajstić information content (AvgIpc) is 2.79. The van der Waals surface area contributed by atoms with E-state index in [2.05, 4.69) is 21.2 Å². The lowest BCUT2D eigenvalue weighted by Gasteiger charge is -2.18. The van der Waals surface area contributed by atoms with Gasteiger partial charge in [0.1, 0.15) is 28.5 Å². The summed E-state index contributed by atoms with van der Waals surface area (Å²) in [6.45, 7) is -0.633. The second kappa shape index (κ2) is 10.4. The second-order valence-electron chi connectivity index (χ2n) is 6.87. The number of hydrogen-bond acceptors (Lipinski definition) is 5. The lowest BCUT2D eigenvalue weighted by Crippen LogP contribution is -2.33. The first-order valence-corrected chi connectivity index (χ1v) is 10.4. The number of carbonyl (C=O) groups excluding carboxylic acids is 2. The molecule has 2 amide bonds. The summed E-state index contributed by atoms with van der Waals surface area (Å²) >= 11 is 3.20. The van der Waals surface area contributed by atoms with Gasteiger partial charge in [-0.2, -0.15) is 0 Å². The van der Waals surface area contributed by atoms with Crippen LogP contribution in [0.3, 0.4) is 0 Å². The number of benzene rings is 2. The Labute approximate surface area is 195 Å². The van der Waals surface area contributed by atoms with Crippen molar-refractivity contribution in [1.82, 2.24) is 9.88 Å². The first kappa shape index (κ1) is 24.1. The van der Waals surface area contributed by atoms with Crippen molar-refractivity contribution in [2.24, 2.45) is 11.5 Å². The number of nitrogens with zero attached hydrogens (tertiary/aromatic N) is 1. The average molecular weight is 521 g/mol. The molecule has 172 valence electrons. The summed E-state index contributed by atoms with van der Waals surface area (Å²) in [6.07, 6.45) is 0. The van der Waals surface area contributed by atoms with Crippen LogP contribution in [-0.2, 0) is 17.9 Å². The minimum atomic E-state index is -0.793.